The van der Waals surface area contributed by atoms with Crippen LogP contribution in [0.3, 0.4) is 0 Å². The summed E-state index contributed by atoms with van der Waals surface area (Å²) in [5.41, 5.74) is 0.377. The standard InChI is InChI=1S/C18H15NO6S/c20-12-10-3-1-2-4-11(10)14-15(13(12)21)26-9-18(25-14)5-7-19(8-6-18)16(22)17(23)24/h1-4H,5-9H2,(H,23,24). The maximum absolute atomic E-state index is 12.4. The maximum atomic E-state index is 12.4. The van der Waals surface area contributed by atoms with Gasteiger partial charge in [-0.05, 0) is 0 Å². The molecule has 1 spiro atoms. The van der Waals surface area contributed by atoms with Gasteiger partial charge in [0, 0.05) is 42.8 Å². The van der Waals surface area contributed by atoms with E-state index in [4.69, 9.17) is 9.84 Å². The van der Waals surface area contributed by atoms with Crippen LogP contribution in [0.15, 0.2) is 29.2 Å². The van der Waals surface area contributed by atoms with E-state index in [1.807, 2.05) is 0 Å². The Morgan fingerprint density at radius 3 is 2.38 bits per heavy atom. The number of aliphatic carboxylic acids is 1. The summed E-state index contributed by atoms with van der Waals surface area (Å²) in [6.07, 6.45) is 0.945. The summed E-state index contributed by atoms with van der Waals surface area (Å²) in [5, 5.41) is 8.85. The Balaban J connectivity index is 1.62. The zero-order chi connectivity index (χ0) is 18.5. The first-order valence-electron chi connectivity index (χ1n) is 8.19. The number of hydrogen-bond donors (Lipinski definition) is 1. The lowest BCUT2D eigenvalue weighted by Gasteiger charge is -2.45. The molecule has 7 nitrogen and oxygen atoms in total. The van der Waals surface area contributed by atoms with Crippen molar-refractivity contribution in [2.45, 2.75) is 18.4 Å². The van der Waals surface area contributed by atoms with E-state index in [1.54, 1.807) is 24.3 Å². The Morgan fingerprint density at radius 1 is 1.08 bits per heavy atom. The van der Waals surface area contributed by atoms with E-state index in [0.717, 1.165) is 0 Å². The third-order valence-corrected chi connectivity index (χ3v) is 6.31. The smallest absolute Gasteiger partial charge is 0.394 e. The number of Topliss-reactive ketones (excluding diaryl/α,β-unsaturated/α-hetero) is 2. The third-order valence-electron chi connectivity index (χ3n) is 4.98. The van der Waals surface area contributed by atoms with Crippen LogP contribution in [-0.4, -0.2) is 57.9 Å². The number of hydrogen-bond acceptors (Lipinski definition) is 6. The lowest BCUT2D eigenvalue weighted by atomic mass is 9.90. The van der Waals surface area contributed by atoms with Crippen LogP contribution in [0.2, 0.25) is 0 Å². The van der Waals surface area contributed by atoms with Crippen molar-refractivity contribution in [3.05, 3.63) is 40.3 Å². The van der Waals surface area contributed by atoms with E-state index in [2.05, 4.69) is 0 Å². The molecule has 0 aromatic heterocycles. The predicted molar refractivity (Wildman–Crippen MR) is 92.4 cm³/mol. The van der Waals surface area contributed by atoms with Crippen molar-refractivity contribution in [2.75, 3.05) is 18.8 Å². The second kappa shape index (κ2) is 5.98. The number of nitrogens with zero attached hydrogens (tertiary/aromatic N) is 1. The van der Waals surface area contributed by atoms with E-state index in [1.165, 1.54) is 16.7 Å². The molecule has 26 heavy (non-hydrogen) atoms. The minimum Gasteiger partial charge on any atom is -0.484 e. The van der Waals surface area contributed by atoms with Gasteiger partial charge in [0.25, 0.3) is 0 Å². The van der Waals surface area contributed by atoms with Crippen molar-refractivity contribution in [1.29, 1.82) is 0 Å². The van der Waals surface area contributed by atoms with Gasteiger partial charge < -0.3 is 14.7 Å². The number of carbonyl (C=O) groups is 4. The summed E-state index contributed by atoms with van der Waals surface area (Å²) < 4.78 is 6.25. The highest BCUT2D eigenvalue weighted by Crippen LogP contribution is 2.47. The van der Waals surface area contributed by atoms with Crippen molar-refractivity contribution in [1.82, 2.24) is 4.90 Å². The molecule has 0 unspecified atom stereocenters. The summed E-state index contributed by atoms with van der Waals surface area (Å²) in [7, 11) is 0. The monoisotopic (exact) mass is 373 g/mol. The molecule has 1 aliphatic carbocycles. The quantitative estimate of drug-likeness (QED) is 0.685. The van der Waals surface area contributed by atoms with Gasteiger partial charge in [0.2, 0.25) is 11.6 Å². The number of likely N-dealkylation sites (tertiary alicyclic amines) is 1. The maximum Gasteiger partial charge on any atom is 0.394 e. The summed E-state index contributed by atoms with van der Waals surface area (Å²) in [4.78, 5) is 48.8. The van der Waals surface area contributed by atoms with Gasteiger partial charge in [-0.3, -0.25) is 14.4 Å². The predicted octanol–water partition coefficient (Wildman–Crippen LogP) is 1.33. The van der Waals surface area contributed by atoms with Crippen molar-refractivity contribution < 1.29 is 29.0 Å². The van der Waals surface area contributed by atoms with Gasteiger partial charge in [-0.15, -0.1) is 11.8 Å². The first-order valence-corrected chi connectivity index (χ1v) is 9.17. The second-order valence-electron chi connectivity index (χ2n) is 6.53. The Morgan fingerprint density at radius 2 is 1.73 bits per heavy atom. The lowest BCUT2D eigenvalue weighted by Crippen LogP contribution is -2.52. The van der Waals surface area contributed by atoms with Crippen LogP contribution < -0.4 is 0 Å². The number of ketones is 2. The Labute approximate surface area is 153 Å². The van der Waals surface area contributed by atoms with Gasteiger partial charge in [-0.2, -0.15) is 0 Å². The molecule has 4 rings (SSSR count). The van der Waals surface area contributed by atoms with E-state index in [0.29, 0.717) is 40.4 Å². The summed E-state index contributed by atoms with van der Waals surface area (Å²) >= 11 is 1.31. The van der Waals surface area contributed by atoms with Crippen LogP contribution in [0.5, 0.6) is 0 Å². The van der Waals surface area contributed by atoms with Gasteiger partial charge in [0.1, 0.15) is 16.3 Å². The molecule has 0 radical (unpaired) electrons. The van der Waals surface area contributed by atoms with Crippen molar-refractivity contribution in [2.24, 2.45) is 0 Å². The minimum absolute atomic E-state index is 0.281. The zero-order valence-electron chi connectivity index (χ0n) is 13.7. The first kappa shape index (κ1) is 16.8. The highest BCUT2D eigenvalue weighted by molar-refractivity contribution is 8.04. The number of carboxylic acid groups (broad SMARTS) is 1. The Bertz CT molecular complexity index is 881. The molecule has 1 aromatic rings. The van der Waals surface area contributed by atoms with Crippen LogP contribution in [-0.2, 0) is 19.1 Å². The summed E-state index contributed by atoms with van der Waals surface area (Å²) in [6, 6.07) is 6.87. The number of thioether (sulfide) groups is 1. The fraction of sp³-hybridized carbons (Fsp3) is 0.333. The molecule has 0 saturated carbocycles. The number of benzene rings is 1. The van der Waals surface area contributed by atoms with Gasteiger partial charge in [-0.1, -0.05) is 24.3 Å². The fourth-order valence-corrected chi connectivity index (χ4v) is 4.77. The molecule has 8 heteroatoms. The largest absolute Gasteiger partial charge is 0.484 e. The van der Waals surface area contributed by atoms with Crippen LogP contribution in [0.4, 0.5) is 0 Å². The van der Waals surface area contributed by atoms with E-state index >= 15 is 0 Å². The fourth-order valence-electron chi connectivity index (χ4n) is 3.51. The first-order chi connectivity index (χ1) is 12.4. The summed E-state index contributed by atoms with van der Waals surface area (Å²) in [6.45, 7) is 0.561. The third kappa shape index (κ3) is 2.52. The topological polar surface area (TPSA) is 101 Å². The highest BCUT2D eigenvalue weighted by atomic mass is 32.2. The van der Waals surface area contributed by atoms with Crippen molar-refractivity contribution in [3.63, 3.8) is 0 Å². The number of allylic oxidation sites excluding steroid dienone is 1. The Kier molecular flexibility index (Phi) is 3.87. The molecule has 1 saturated heterocycles. The minimum atomic E-state index is -1.46. The molecule has 3 aliphatic rings. The Hall–Kier alpha value is -2.61. The number of amides is 1. The molecular weight excluding hydrogens is 358 g/mol. The summed E-state index contributed by atoms with van der Waals surface area (Å²) in [5.74, 6) is -2.52. The van der Waals surface area contributed by atoms with Crippen LogP contribution in [0.25, 0.3) is 5.76 Å². The van der Waals surface area contributed by atoms with Gasteiger partial charge in [0.15, 0.2) is 0 Å². The number of ether oxygens (including phenoxy) is 1. The van der Waals surface area contributed by atoms with E-state index in [-0.39, 0.29) is 13.1 Å². The lowest BCUT2D eigenvalue weighted by molar-refractivity contribution is -0.157. The molecule has 0 atom stereocenters. The molecule has 1 fully saturated rings. The average molecular weight is 373 g/mol. The molecular formula is C18H15NO6S. The number of carbonyl (C=O) groups excluding carboxylic acids is 3. The number of fused-ring (bicyclic) bond motifs is 2. The van der Waals surface area contributed by atoms with Crippen LogP contribution in [0, 0.1) is 0 Å². The molecule has 134 valence electrons. The second-order valence-corrected chi connectivity index (χ2v) is 7.52. The van der Waals surface area contributed by atoms with Crippen LogP contribution in [0.1, 0.15) is 28.8 Å². The SMILES string of the molecule is O=C(O)C(=O)N1CCC2(CC1)CSC1=C(O2)c2ccccc2C(=O)C1=O. The molecule has 2 heterocycles. The zero-order valence-corrected chi connectivity index (χ0v) is 14.5. The van der Waals surface area contributed by atoms with E-state index < -0.39 is 29.0 Å². The van der Waals surface area contributed by atoms with Crippen molar-refractivity contribution >= 4 is 41.0 Å². The molecule has 1 aromatic carbocycles. The molecule has 2 aliphatic heterocycles. The molecule has 0 bridgehead atoms. The average Bonchev–Trinajstić information content (AvgIpc) is 2.66. The normalized spacial score (nSPS) is 21.2. The van der Waals surface area contributed by atoms with Crippen LogP contribution >= 0.6 is 11.8 Å². The number of piperidine rings is 1. The van der Waals surface area contributed by atoms with Gasteiger partial charge in [-0.25, -0.2) is 4.79 Å². The number of carboxylic acids is 1. The van der Waals surface area contributed by atoms with Gasteiger partial charge in [0.05, 0.1) is 0 Å². The van der Waals surface area contributed by atoms with Crippen molar-refractivity contribution in [3.8, 4) is 0 Å². The van der Waals surface area contributed by atoms with Gasteiger partial charge >= 0.3 is 11.9 Å². The molecule has 1 amide bonds. The highest BCUT2D eigenvalue weighted by Gasteiger charge is 2.46. The van der Waals surface area contributed by atoms with E-state index in [9.17, 15) is 19.2 Å². The number of rotatable bonds is 0. The molecule has 1 N–H and O–H groups in total.